The number of pyridine rings is 2. The van der Waals surface area contributed by atoms with Gasteiger partial charge >= 0.3 is 0 Å². The molecule has 39 heavy (non-hydrogen) atoms. The van der Waals surface area contributed by atoms with Crippen LogP contribution < -0.4 is 10.9 Å². The van der Waals surface area contributed by atoms with Gasteiger partial charge in [0.05, 0.1) is 36.1 Å². The molecule has 208 valence electrons. The zero-order valence-corrected chi connectivity index (χ0v) is 23.7. The number of nitrogens with one attached hydrogen (secondary N) is 1. The first-order valence-electron chi connectivity index (χ1n) is 14.0. The average Bonchev–Trinajstić information content (AvgIpc) is 3.30. The third-order valence-electron chi connectivity index (χ3n) is 7.87. The van der Waals surface area contributed by atoms with Crippen LogP contribution in [0.25, 0.3) is 22.3 Å². The summed E-state index contributed by atoms with van der Waals surface area (Å²) in [5.41, 5.74) is 5.94. The fourth-order valence-corrected chi connectivity index (χ4v) is 6.01. The number of hydrogen-bond donors (Lipinski definition) is 1. The van der Waals surface area contributed by atoms with Crippen LogP contribution in [0, 0.1) is 12.7 Å². The van der Waals surface area contributed by atoms with Crippen LogP contribution in [0.4, 0.5) is 4.39 Å². The number of nitrogens with zero attached hydrogens (tertiary/aromatic N) is 2. The van der Waals surface area contributed by atoms with Crippen molar-refractivity contribution in [2.24, 2.45) is 0 Å². The summed E-state index contributed by atoms with van der Waals surface area (Å²) < 4.78 is 22.0. The smallest absolute Gasteiger partial charge is 0.257 e. The quantitative estimate of drug-likeness (QED) is 0.295. The maximum atomic E-state index is 15.0. The van der Waals surface area contributed by atoms with Gasteiger partial charge < -0.3 is 19.4 Å². The van der Waals surface area contributed by atoms with Crippen LogP contribution >= 0.6 is 0 Å². The summed E-state index contributed by atoms with van der Waals surface area (Å²) >= 11 is 0. The van der Waals surface area contributed by atoms with Gasteiger partial charge in [0.25, 0.3) is 5.56 Å². The number of halogens is 1. The van der Waals surface area contributed by atoms with E-state index in [1.54, 1.807) is 11.5 Å². The highest BCUT2D eigenvalue weighted by atomic mass is 19.1. The lowest BCUT2D eigenvalue weighted by Gasteiger charge is -2.29. The van der Waals surface area contributed by atoms with Crippen molar-refractivity contribution in [1.29, 1.82) is 0 Å². The summed E-state index contributed by atoms with van der Waals surface area (Å²) in [6.07, 6.45) is 3.86. The van der Waals surface area contributed by atoms with Crippen molar-refractivity contribution in [2.75, 3.05) is 7.11 Å². The van der Waals surface area contributed by atoms with E-state index in [0.29, 0.717) is 65.8 Å². The number of benzene rings is 1. The van der Waals surface area contributed by atoms with E-state index in [1.807, 2.05) is 33.8 Å². The molecule has 7 nitrogen and oxygen atoms in total. The summed E-state index contributed by atoms with van der Waals surface area (Å²) in [5.74, 6) is -0.783. The Morgan fingerprint density at radius 3 is 2.67 bits per heavy atom. The molecule has 2 aromatic heterocycles. The minimum Gasteiger partial charge on any atom is -0.380 e. The Kier molecular flexibility index (Phi) is 8.64. The molecule has 5 rings (SSSR count). The van der Waals surface area contributed by atoms with Gasteiger partial charge in [-0.05, 0) is 60.9 Å². The molecule has 1 aliphatic carbocycles. The Labute approximate surface area is 228 Å². The molecule has 0 saturated carbocycles. The predicted molar refractivity (Wildman–Crippen MR) is 151 cm³/mol. The second kappa shape index (κ2) is 11.8. The van der Waals surface area contributed by atoms with Gasteiger partial charge in [0, 0.05) is 42.0 Å². The van der Waals surface area contributed by atoms with Crippen molar-refractivity contribution in [2.45, 2.75) is 91.8 Å². The van der Waals surface area contributed by atoms with Crippen LogP contribution in [0.3, 0.4) is 0 Å². The summed E-state index contributed by atoms with van der Waals surface area (Å²) in [4.78, 5) is 43.1. The highest BCUT2D eigenvalue weighted by Crippen LogP contribution is 2.45. The SMILES string of the molecule is CC.CCCC(=O)NC1CCc2c(C)c(F)cc3nc4c(c1c23)Cn1c-4cc(C(C=O)CC)c(COC)c1=O. The Balaban J connectivity index is 0.00000172. The third kappa shape index (κ3) is 4.80. The molecule has 3 aromatic rings. The van der Waals surface area contributed by atoms with Crippen LogP contribution in [0.5, 0.6) is 0 Å². The average molecular weight is 536 g/mol. The largest absolute Gasteiger partial charge is 0.380 e. The molecule has 0 radical (unpaired) electrons. The van der Waals surface area contributed by atoms with E-state index >= 15 is 0 Å². The number of aryl methyl sites for hydroxylation is 1. The summed E-state index contributed by atoms with van der Waals surface area (Å²) in [7, 11) is 1.53. The van der Waals surface area contributed by atoms with Crippen molar-refractivity contribution in [3.63, 3.8) is 0 Å². The van der Waals surface area contributed by atoms with Crippen LogP contribution in [0.15, 0.2) is 16.9 Å². The first kappa shape index (κ1) is 28.6. The molecule has 0 bridgehead atoms. The number of aromatic nitrogens is 2. The first-order valence-corrected chi connectivity index (χ1v) is 14.0. The van der Waals surface area contributed by atoms with Gasteiger partial charge in [0.15, 0.2) is 0 Å². The van der Waals surface area contributed by atoms with E-state index in [4.69, 9.17) is 9.72 Å². The summed E-state index contributed by atoms with van der Waals surface area (Å²) in [6.45, 7) is 10.0. The van der Waals surface area contributed by atoms with Gasteiger partial charge in [0.2, 0.25) is 5.91 Å². The zero-order chi connectivity index (χ0) is 28.4. The molecule has 1 aromatic carbocycles. The molecule has 8 heteroatoms. The molecular weight excluding hydrogens is 497 g/mol. The lowest BCUT2D eigenvalue weighted by Crippen LogP contribution is -2.32. The minimum atomic E-state index is -0.445. The van der Waals surface area contributed by atoms with E-state index in [0.717, 1.165) is 34.8 Å². The fourth-order valence-electron chi connectivity index (χ4n) is 6.01. The maximum absolute atomic E-state index is 15.0. The van der Waals surface area contributed by atoms with Crippen molar-refractivity contribution in [3.05, 3.63) is 61.7 Å². The number of methoxy groups -OCH3 is 1. The number of amides is 1. The van der Waals surface area contributed by atoms with E-state index in [9.17, 15) is 18.8 Å². The van der Waals surface area contributed by atoms with Crippen LogP contribution in [-0.4, -0.2) is 28.9 Å². The number of hydrogen-bond acceptors (Lipinski definition) is 5. The van der Waals surface area contributed by atoms with Crippen molar-refractivity contribution >= 4 is 23.1 Å². The van der Waals surface area contributed by atoms with Gasteiger partial charge in [0.1, 0.15) is 12.1 Å². The number of carbonyl (C=O) groups is 2. The number of rotatable bonds is 8. The molecule has 0 saturated heterocycles. The molecular formula is C31H38FN3O4. The number of carbonyl (C=O) groups excluding carboxylic acids is 2. The van der Waals surface area contributed by atoms with Crippen molar-refractivity contribution in [1.82, 2.24) is 14.9 Å². The van der Waals surface area contributed by atoms with E-state index in [2.05, 4.69) is 5.32 Å². The van der Waals surface area contributed by atoms with Gasteiger partial charge in [-0.2, -0.15) is 0 Å². The Morgan fingerprint density at radius 2 is 2.03 bits per heavy atom. The maximum Gasteiger partial charge on any atom is 0.257 e. The fraction of sp³-hybridized carbons (Fsp3) is 0.484. The predicted octanol–water partition coefficient (Wildman–Crippen LogP) is 5.64. The molecule has 3 heterocycles. The topological polar surface area (TPSA) is 90.3 Å². The number of fused-ring (bicyclic) bond motifs is 4. The number of aldehydes is 1. The molecule has 1 amide bonds. The normalized spacial score (nSPS) is 15.7. The summed E-state index contributed by atoms with van der Waals surface area (Å²) in [6, 6.07) is 3.07. The molecule has 0 spiro atoms. The highest BCUT2D eigenvalue weighted by Gasteiger charge is 2.35. The third-order valence-corrected chi connectivity index (χ3v) is 7.87. The zero-order valence-electron chi connectivity index (χ0n) is 23.7. The van der Waals surface area contributed by atoms with Gasteiger partial charge in [-0.15, -0.1) is 0 Å². The van der Waals surface area contributed by atoms with Gasteiger partial charge in [-0.1, -0.05) is 27.7 Å². The van der Waals surface area contributed by atoms with Crippen molar-refractivity contribution < 1.29 is 18.7 Å². The first-order chi connectivity index (χ1) is 18.8. The van der Waals surface area contributed by atoms with Crippen LogP contribution in [-0.2, 0) is 33.9 Å². The molecule has 0 fully saturated rings. The van der Waals surface area contributed by atoms with Gasteiger partial charge in [-0.25, -0.2) is 9.37 Å². The summed E-state index contributed by atoms with van der Waals surface area (Å²) in [5, 5.41) is 4.07. The second-order valence-electron chi connectivity index (χ2n) is 10.1. The molecule has 2 aliphatic rings. The molecule has 2 unspecified atom stereocenters. The Bertz CT molecular complexity index is 1490. The number of ether oxygens (including phenoxy) is 1. The molecule has 2 atom stereocenters. The van der Waals surface area contributed by atoms with E-state index in [1.165, 1.54) is 13.2 Å². The Morgan fingerprint density at radius 1 is 1.28 bits per heavy atom. The standard InChI is InChI=1S/C29H32FN3O4.C2H6/c1-5-7-25(35)31-22-9-8-17-15(3)21(30)11-23-26(17)27(22)19-12-33-24(28(19)32-23)10-18(16(6-2)13-34)20(14-37-4)29(33)36;1-2/h10-11,13,16,22H,5-9,12,14H2,1-4H3,(H,31,35);1-2H3. The van der Waals surface area contributed by atoms with E-state index < -0.39 is 5.92 Å². The molecule has 1 aliphatic heterocycles. The lowest BCUT2D eigenvalue weighted by atomic mass is 9.81. The van der Waals surface area contributed by atoms with Gasteiger partial charge in [-0.3, -0.25) is 9.59 Å². The van der Waals surface area contributed by atoms with Crippen LogP contribution in [0.1, 0.15) is 98.7 Å². The van der Waals surface area contributed by atoms with Crippen molar-refractivity contribution in [3.8, 4) is 11.4 Å². The second-order valence-corrected chi connectivity index (χ2v) is 10.1. The monoisotopic (exact) mass is 535 g/mol. The Hall–Kier alpha value is -3.39. The van der Waals surface area contributed by atoms with E-state index in [-0.39, 0.29) is 29.9 Å². The minimum absolute atomic E-state index is 0.0254. The van der Waals surface area contributed by atoms with Crippen LogP contribution in [0.2, 0.25) is 0 Å². The molecule has 1 N–H and O–H groups in total. The highest BCUT2D eigenvalue weighted by molar-refractivity contribution is 5.93. The lowest BCUT2D eigenvalue weighted by molar-refractivity contribution is -0.122.